The lowest BCUT2D eigenvalue weighted by Gasteiger charge is -2.17. The molecule has 7 nitrogen and oxygen atoms in total. The number of carbonyl (C=O) groups excluding carboxylic acids is 2. The summed E-state index contributed by atoms with van der Waals surface area (Å²) < 4.78 is 15.7. The molecule has 1 aliphatic rings. The number of benzene rings is 1. The second-order valence-corrected chi connectivity index (χ2v) is 6.00. The fourth-order valence-corrected chi connectivity index (χ4v) is 3.16. The van der Waals surface area contributed by atoms with Crippen LogP contribution in [0, 0.1) is 0 Å². The maximum atomic E-state index is 12.4. The van der Waals surface area contributed by atoms with E-state index in [1.807, 2.05) is 0 Å². The molecule has 0 radical (unpaired) electrons. The first-order valence-corrected chi connectivity index (χ1v) is 8.22. The molecule has 0 saturated carbocycles. The molecule has 0 spiro atoms. The van der Waals surface area contributed by atoms with Gasteiger partial charge >= 0.3 is 0 Å². The summed E-state index contributed by atoms with van der Waals surface area (Å²) in [5.41, 5.74) is 0.507. The number of hydrogen-bond donors (Lipinski definition) is 2. The third kappa shape index (κ3) is 4.22. The molecule has 0 aromatic heterocycles. The van der Waals surface area contributed by atoms with Gasteiger partial charge in [0, 0.05) is 35.7 Å². The van der Waals surface area contributed by atoms with E-state index in [1.165, 1.54) is 21.3 Å². The molecule has 0 unspecified atom stereocenters. The highest BCUT2D eigenvalue weighted by molar-refractivity contribution is 7.99. The minimum absolute atomic E-state index is 0.111. The predicted octanol–water partition coefficient (Wildman–Crippen LogP) is 1.27. The average molecular weight is 340 g/mol. The summed E-state index contributed by atoms with van der Waals surface area (Å²) in [6.07, 6.45) is 0.429. The van der Waals surface area contributed by atoms with E-state index in [1.54, 1.807) is 23.9 Å². The summed E-state index contributed by atoms with van der Waals surface area (Å²) in [6, 6.07) is 2.73. The van der Waals surface area contributed by atoms with Crippen molar-refractivity contribution < 1.29 is 23.8 Å². The van der Waals surface area contributed by atoms with Crippen molar-refractivity contribution >= 4 is 29.3 Å². The van der Waals surface area contributed by atoms with Crippen LogP contribution in [0.5, 0.6) is 17.2 Å². The van der Waals surface area contributed by atoms with Crippen molar-refractivity contribution in [2.75, 3.05) is 38.2 Å². The zero-order valence-electron chi connectivity index (χ0n) is 13.3. The predicted molar refractivity (Wildman–Crippen MR) is 88.6 cm³/mol. The number of ether oxygens (including phenoxy) is 3. The summed E-state index contributed by atoms with van der Waals surface area (Å²) in [4.78, 5) is 23.9. The molecule has 1 aromatic carbocycles. The van der Waals surface area contributed by atoms with Crippen LogP contribution in [0.1, 0.15) is 6.42 Å². The minimum atomic E-state index is -0.561. The summed E-state index contributed by atoms with van der Waals surface area (Å²) in [6.45, 7) is 0. The summed E-state index contributed by atoms with van der Waals surface area (Å²) in [5.74, 6) is 2.22. The molecule has 126 valence electrons. The number of nitrogens with one attached hydrogen (secondary N) is 2. The van der Waals surface area contributed by atoms with Gasteiger partial charge in [0.2, 0.25) is 17.6 Å². The van der Waals surface area contributed by atoms with E-state index in [-0.39, 0.29) is 11.8 Å². The first-order chi connectivity index (χ1) is 11.1. The van der Waals surface area contributed by atoms with E-state index in [9.17, 15) is 9.59 Å². The van der Waals surface area contributed by atoms with Crippen LogP contribution >= 0.6 is 11.8 Å². The number of rotatable bonds is 5. The maximum absolute atomic E-state index is 12.4. The summed E-state index contributed by atoms with van der Waals surface area (Å²) >= 11 is 1.57. The van der Waals surface area contributed by atoms with Gasteiger partial charge in [-0.2, -0.15) is 11.8 Å². The largest absolute Gasteiger partial charge is 0.493 e. The highest BCUT2D eigenvalue weighted by Crippen LogP contribution is 2.39. The Morgan fingerprint density at radius 1 is 1.22 bits per heavy atom. The molecular formula is C15H20N2O5S. The number of amides is 2. The van der Waals surface area contributed by atoms with Gasteiger partial charge in [-0.1, -0.05) is 0 Å². The molecule has 1 aliphatic heterocycles. The van der Waals surface area contributed by atoms with Gasteiger partial charge < -0.3 is 24.8 Å². The van der Waals surface area contributed by atoms with Crippen molar-refractivity contribution in [3.05, 3.63) is 12.1 Å². The van der Waals surface area contributed by atoms with Gasteiger partial charge in [0.15, 0.2) is 11.5 Å². The van der Waals surface area contributed by atoms with Crippen molar-refractivity contribution in [1.82, 2.24) is 5.32 Å². The van der Waals surface area contributed by atoms with Gasteiger partial charge in [-0.15, -0.1) is 0 Å². The quantitative estimate of drug-likeness (QED) is 0.840. The fraction of sp³-hybridized carbons (Fsp3) is 0.467. The zero-order valence-corrected chi connectivity index (χ0v) is 14.1. The molecule has 1 fully saturated rings. The zero-order chi connectivity index (χ0) is 16.8. The van der Waals surface area contributed by atoms with Gasteiger partial charge in [0.25, 0.3) is 0 Å². The first kappa shape index (κ1) is 17.3. The standard InChI is InChI=1S/C15H20N2O5S/c1-20-11-6-9(7-12(21-2)14(11)22-3)16-15(19)10-8-23-5-4-13(18)17-10/h6-7,10H,4-5,8H2,1-3H3,(H,16,19)(H,17,18)/t10-/m1/s1. The molecule has 0 bridgehead atoms. The first-order valence-electron chi connectivity index (χ1n) is 7.07. The molecule has 1 saturated heterocycles. The SMILES string of the molecule is COc1cc(NC(=O)[C@H]2CSCCC(=O)N2)cc(OC)c1OC. The van der Waals surface area contributed by atoms with Crippen LogP contribution in [0.15, 0.2) is 12.1 Å². The number of methoxy groups -OCH3 is 3. The molecule has 1 atom stereocenters. The van der Waals surface area contributed by atoms with Gasteiger partial charge in [0.05, 0.1) is 21.3 Å². The van der Waals surface area contributed by atoms with E-state index in [4.69, 9.17) is 14.2 Å². The van der Waals surface area contributed by atoms with Gasteiger partial charge in [-0.3, -0.25) is 9.59 Å². The number of thioether (sulfide) groups is 1. The van der Waals surface area contributed by atoms with Crippen molar-refractivity contribution in [3.8, 4) is 17.2 Å². The number of carbonyl (C=O) groups is 2. The highest BCUT2D eigenvalue weighted by Gasteiger charge is 2.24. The van der Waals surface area contributed by atoms with E-state index in [0.717, 1.165) is 5.75 Å². The van der Waals surface area contributed by atoms with E-state index in [2.05, 4.69) is 10.6 Å². The lowest BCUT2D eigenvalue weighted by molar-refractivity contribution is -0.125. The molecule has 2 N–H and O–H groups in total. The average Bonchev–Trinajstić information content (AvgIpc) is 2.78. The minimum Gasteiger partial charge on any atom is -0.493 e. The molecule has 2 rings (SSSR count). The van der Waals surface area contributed by atoms with Gasteiger partial charge in [0.1, 0.15) is 6.04 Å². The monoisotopic (exact) mass is 340 g/mol. The molecule has 0 aliphatic carbocycles. The Morgan fingerprint density at radius 3 is 2.43 bits per heavy atom. The lowest BCUT2D eigenvalue weighted by atomic mass is 10.2. The van der Waals surface area contributed by atoms with E-state index < -0.39 is 6.04 Å². The van der Waals surface area contributed by atoms with Gasteiger partial charge in [-0.25, -0.2) is 0 Å². The van der Waals surface area contributed by atoms with Crippen LogP contribution in [0.2, 0.25) is 0 Å². The Hall–Kier alpha value is -2.09. The second-order valence-electron chi connectivity index (χ2n) is 4.85. The van der Waals surface area contributed by atoms with Crippen LogP contribution in [-0.2, 0) is 9.59 Å². The Labute approximate surface area is 139 Å². The smallest absolute Gasteiger partial charge is 0.247 e. The van der Waals surface area contributed by atoms with Crippen LogP contribution in [0.3, 0.4) is 0 Å². The normalized spacial score (nSPS) is 17.7. The van der Waals surface area contributed by atoms with E-state index >= 15 is 0 Å². The van der Waals surface area contributed by atoms with Crippen molar-refractivity contribution in [2.45, 2.75) is 12.5 Å². The Balaban J connectivity index is 2.18. The molecule has 1 aromatic rings. The molecular weight excluding hydrogens is 320 g/mol. The molecule has 1 heterocycles. The summed E-state index contributed by atoms with van der Waals surface area (Å²) in [7, 11) is 4.52. The van der Waals surface area contributed by atoms with Crippen LogP contribution in [-0.4, -0.2) is 50.7 Å². The van der Waals surface area contributed by atoms with Crippen LogP contribution in [0.4, 0.5) is 5.69 Å². The molecule has 8 heteroatoms. The summed E-state index contributed by atoms with van der Waals surface area (Å²) in [5, 5.41) is 5.50. The third-order valence-electron chi connectivity index (χ3n) is 3.34. The highest BCUT2D eigenvalue weighted by atomic mass is 32.2. The maximum Gasteiger partial charge on any atom is 0.247 e. The van der Waals surface area contributed by atoms with Crippen molar-refractivity contribution in [1.29, 1.82) is 0 Å². The topological polar surface area (TPSA) is 85.9 Å². The van der Waals surface area contributed by atoms with E-state index in [0.29, 0.717) is 35.1 Å². The Kier molecular flexibility index (Phi) is 5.97. The Bertz CT molecular complexity index is 568. The number of hydrogen-bond acceptors (Lipinski definition) is 6. The van der Waals surface area contributed by atoms with Crippen molar-refractivity contribution in [3.63, 3.8) is 0 Å². The molecule has 23 heavy (non-hydrogen) atoms. The van der Waals surface area contributed by atoms with Crippen LogP contribution in [0.25, 0.3) is 0 Å². The Morgan fingerprint density at radius 2 is 1.87 bits per heavy atom. The fourth-order valence-electron chi connectivity index (χ4n) is 2.20. The number of anilines is 1. The van der Waals surface area contributed by atoms with Crippen molar-refractivity contribution in [2.24, 2.45) is 0 Å². The lowest BCUT2D eigenvalue weighted by Crippen LogP contribution is -2.44. The second kappa shape index (κ2) is 7.96. The third-order valence-corrected chi connectivity index (χ3v) is 4.40. The molecule has 2 amide bonds. The van der Waals surface area contributed by atoms with Gasteiger partial charge in [-0.05, 0) is 0 Å². The van der Waals surface area contributed by atoms with Crippen LogP contribution < -0.4 is 24.8 Å².